The molecule has 0 atom stereocenters. The minimum absolute atomic E-state index is 0.214. The summed E-state index contributed by atoms with van der Waals surface area (Å²) in [6, 6.07) is 9.08. The summed E-state index contributed by atoms with van der Waals surface area (Å²) in [6.45, 7) is 0. The number of carbonyl (C=O) groups excluding carboxylic acids is 2. The van der Waals surface area contributed by atoms with Gasteiger partial charge >= 0.3 is 0 Å². The molecule has 1 aliphatic rings. The minimum Gasteiger partial charge on any atom is -0.322 e. The van der Waals surface area contributed by atoms with Crippen LogP contribution in [0.3, 0.4) is 0 Å². The number of amides is 2. The van der Waals surface area contributed by atoms with Gasteiger partial charge in [-0.2, -0.15) is 0 Å². The SMILES string of the molecule is CN=C1S/C(=C/C(=O)Nc2ccccc2)C(=O)N1C. The van der Waals surface area contributed by atoms with E-state index in [1.54, 1.807) is 26.2 Å². The Balaban J connectivity index is 2.10. The van der Waals surface area contributed by atoms with E-state index in [2.05, 4.69) is 10.3 Å². The van der Waals surface area contributed by atoms with Gasteiger partial charge in [0.25, 0.3) is 5.91 Å². The van der Waals surface area contributed by atoms with E-state index in [4.69, 9.17) is 0 Å². The summed E-state index contributed by atoms with van der Waals surface area (Å²) in [5, 5.41) is 3.28. The first-order valence-electron chi connectivity index (χ1n) is 5.62. The van der Waals surface area contributed by atoms with Crippen molar-refractivity contribution >= 4 is 34.4 Å². The van der Waals surface area contributed by atoms with Crippen molar-refractivity contribution in [3.05, 3.63) is 41.3 Å². The van der Waals surface area contributed by atoms with Gasteiger partial charge in [0, 0.05) is 25.9 Å². The van der Waals surface area contributed by atoms with Crippen LogP contribution < -0.4 is 5.32 Å². The lowest BCUT2D eigenvalue weighted by Crippen LogP contribution is -2.24. The summed E-state index contributed by atoms with van der Waals surface area (Å²) in [5.41, 5.74) is 0.692. The molecule has 0 saturated carbocycles. The standard InChI is InChI=1S/C13H13N3O2S/c1-14-13-16(2)12(18)10(19-13)8-11(17)15-9-6-4-3-5-7-9/h3-8H,1-2H3,(H,15,17)/b10-8+,14-13?. The lowest BCUT2D eigenvalue weighted by Gasteiger charge is -2.05. The van der Waals surface area contributed by atoms with Gasteiger partial charge in [-0.1, -0.05) is 18.2 Å². The maximum atomic E-state index is 11.8. The summed E-state index contributed by atoms with van der Waals surface area (Å²) >= 11 is 1.19. The van der Waals surface area contributed by atoms with Crippen LogP contribution in [-0.4, -0.2) is 36.0 Å². The molecule has 5 nitrogen and oxygen atoms in total. The number of aliphatic imine (C=N–C) groups is 1. The normalized spacial score (nSPS) is 19.3. The van der Waals surface area contributed by atoms with Gasteiger partial charge in [0.1, 0.15) is 0 Å². The van der Waals surface area contributed by atoms with Gasteiger partial charge in [-0.15, -0.1) is 0 Å². The Morgan fingerprint density at radius 1 is 1.37 bits per heavy atom. The highest BCUT2D eigenvalue weighted by atomic mass is 32.2. The van der Waals surface area contributed by atoms with Crippen molar-refractivity contribution < 1.29 is 9.59 Å². The van der Waals surface area contributed by atoms with Crippen molar-refractivity contribution in [1.29, 1.82) is 0 Å². The van der Waals surface area contributed by atoms with E-state index in [0.29, 0.717) is 15.8 Å². The zero-order valence-corrected chi connectivity index (χ0v) is 11.4. The van der Waals surface area contributed by atoms with Crippen molar-refractivity contribution in [1.82, 2.24) is 4.90 Å². The molecular weight excluding hydrogens is 262 g/mol. The van der Waals surface area contributed by atoms with E-state index >= 15 is 0 Å². The van der Waals surface area contributed by atoms with Crippen LogP contribution in [0.1, 0.15) is 0 Å². The van der Waals surface area contributed by atoms with Crippen molar-refractivity contribution in [2.75, 3.05) is 19.4 Å². The number of thioether (sulfide) groups is 1. The number of nitrogens with zero attached hydrogens (tertiary/aromatic N) is 2. The van der Waals surface area contributed by atoms with E-state index in [9.17, 15) is 9.59 Å². The highest BCUT2D eigenvalue weighted by Gasteiger charge is 2.30. The lowest BCUT2D eigenvalue weighted by molar-refractivity contribution is -0.121. The average Bonchev–Trinajstić information content (AvgIpc) is 2.67. The lowest BCUT2D eigenvalue weighted by atomic mass is 10.3. The van der Waals surface area contributed by atoms with E-state index in [-0.39, 0.29) is 11.8 Å². The Morgan fingerprint density at radius 3 is 2.63 bits per heavy atom. The van der Waals surface area contributed by atoms with Gasteiger partial charge in [-0.05, 0) is 23.9 Å². The number of benzene rings is 1. The number of rotatable bonds is 2. The number of carbonyl (C=O) groups is 2. The second-order valence-electron chi connectivity index (χ2n) is 3.84. The van der Waals surface area contributed by atoms with Gasteiger partial charge in [-0.3, -0.25) is 19.5 Å². The summed E-state index contributed by atoms with van der Waals surface area (Å²) < 4.78 is 0. The van der Waals surface area contributed by atoms with Crippen LogP contribution in [0, 0.1) is 0 Å². The molecule has 2 amide bonds. The van der Waals surface area contributed by atoms with Crippen LogP contribution in [0.2, 0.25) is 0 Å². The molecule has 1 aromatic rings. The second-order valence-corrected chi connectivity index (χ2v) is 4.85. The largest absolute Gasteiger partial charge is 0.322 e. The van der Waals surface area contributed by atoms with Crippen molar-refractivity contribution in [3.8, 4) is 0 Å². The van der Waals surface area contributed by atoms with E-state index in [1.165, 1.54) is 22.7 Å². The Labute approximate surface area is 115 Å². The molecule has 6 heteroatoms. The van der Waals surface area contributed by atoms with Crippen molar-refractivity contribution in [3.63, 3.8) is 0 Å². The Morgan fingerprint density at radius 2 is 2.05 bits per heavy atom. The molecule has 0 unspecified atom stereocenters. The maximum absolute atomic E-state index is 11.8. The third kappa shape index (κ3) is 3.03. The molecule has 0 spiro atoms. The number of likely N-dealkylation sites (N-methyl/N-ethyl adjacent to an activating group) is 1. The Bertz CT molecular complexity index is 567. The number of para-hydroxylation sites is 1. The molecule has 1 aliphatic heterocycles. The second kappa shape index (κ2) is 5.71. The first-order valence-corrected chi connectivity index (χ1v) is 6.44. The summed E-state index contributed by atoms with van der Waals surface area (Å²) in [4.78, 5) is 29.4. The fourth-order valence-corrected chi connectivity index (χ4v) is 2.47. The molecule has 1 aromatic carbocycles. The van der Waals surface area contributed by atoms with Crippen molar-refractivity contribution in [2.24, 2.45) is 4.99 Å². The van der Waals surface area contributed by atoms with Crippen molar-refractivity contribution in [2.45, 2.75) is 0 Å². The number of hydrogen-bond donors (Lipinski definition) is 1. The molecular formula is C13H13N3O2S. The number of anilines is 1. The molecule has 1 N–H and O–H groups in total. The van der Waals surface area contributed by atoms with Gasteiger partial charge < -0.3 is 5.32 Å². The molecule has 1 fully saturated rings. The van der Waals surface area contributed by atoms with Gasteiger partial charge in [0.05, 0.1) is 4.91 Å². The van der Waals surface area contributed by atoms with Gasteiger partial charge in [0.2, 0.25) is 5.91 Å². The van der Waals surface area contributed by atoms with E-state index in [1.807, 2.05) is 18.2 Å². The average molecular weight is 275 g/mol. The highest BCUT2D eigenvalue weighted by molar-refractivity contribution is 8.18. The highest BCUT2D eigenvalue weighted by Crippen LogP contribution is 2.29. The molecule has 1 saturated heterocycles. The van der Waals surface area contributed by atoms with Crippen LogP contribution in [0.25, 0.3) is 0 Å². The van der Waals surface area contributed by atoms with Crippen LogP contribution in [0.5, 0.6) is 0 Å². The molecule has 0 aromatic heterocycles. The summed E-state index contributed by atoms with van der Waals surface area (Å²) in [5.74, 6) is -0.540. The smallest absolute Gasteiger partial charge is 0.266 e. The topological polar surface area (TPSA) is 61.8 Å². The van der Waals surface area contributed by atoms with E-state index in [0.717, 1.165) is 0 Å². The molecule has 0 radical (unpaired) electrons. The molecule has 0 bridgehead atoms. The molecule has 2 rings (SSSR count). The third-order valence-corrected chi connectivity index (χ3v) is 3.65. The quantitative estimate of drug-likeness (QED) is 0.836. The predicted molar refractivity (Wildman–Crippen MR) is 76.9 cm³/mol. The van der Waals surface area contributed by atoms with Crippen LogP contribution in [-0.2, 0) is 9.59 Å². The molecule has 0 aliphatic carbocycles. The fourth-order valence-electron chi connectivity index (χ4n) is 1.57. The first kappa shape index (κ1) is 13.4. The van der Waals surface area contributed by atoms with E-state index < -0.39 is 0 Å². The van der Waals surface area contributed by atoms with Crippen LogP contribution in [0.4, 0.5) is 5.69 Å². The number of hydrogen-bond acceptors (Lipinski definition) is 4. The molecule has 1 heterocycles. The summed E-state index contributed by atoms with van der Waals surface area (Å²) in [6.07, 6.45) is 1.30. The Kier molecular flexibility index (Phi) is 4.01. The summed E-state index contributed by atoms with van der Waals surface area (Å²) in [7, 11) is 3.24. The minimum atomic E-state index is -0.326. The van der Waals surface area contributed by atoms with Gasteiger partial charge in [-0.25, -0.2) is 0 Å². The number of nitrogens with one attached hydrogen (secondary N) is 1. The Hall–Kier alpha value is -2.08. The monoisotopic (exact) mass is 275 g/mol. The molecule has 98 valence electrons. The zero-order valence-electron chi connectivity index (χ0n) is 10.6. The van der Waals surface area contributed by atoms with Crippen LogP contribution in [0.15, 0.2) is 46.3 Å². The zero-order chi connectivity index (χ0) is 13.8. The third-order valence-electron chi connectivity index (χ3n) is 2.50. The molecule has 19 heavy (non-hydrogen) atoms. The van der Waals surface area contributed by atoms with Crippen LogP contribution >= 0.6 is 11.8 Å². The number of amidine groups is 1. The fraction of sp³-hybridized carbons (Fsp3) is 0.154. The predicted octanol–water partition coefficient (Wildman–Crippen LogP) is 1.70. The van der Waals surface area contributed by atoms with Gasteiger partial charge in [0.15, 0.2) is 5.17 Å². The first-order chi connectivity index (χ1) is 9.11. The maximum Gasteiger partial charge on any atom is 0.266 e.